The molecular formula is C11H9ClN2O3S. The van der Waals surface area contributed by atoms with Crippen LogP contribution < -0.4 is 5.32 Å². The lowest BCUT2D eigenvalue weighted by atomic mass is 10.1. The Kier molecular flexibility index (Phi) is 3.81. The summed E-state index contributed by atoms with van der Waals surface area (Å²) in [5.41, 5.74) is 0.560. The normalized spacial score (nSPS) is 12.1. The van der Waals surface area contributed by atoms with E-state index in [1.165, 1.54) is 6.20 Å². The molecule has 1 heterocycles. The summed E-state index contributed by atoms with van der Waals surface area (Å²) in [6.45, 7) is 0. The first kappa shape index (κ1) is 12.8. The van der Waals surface area contributed by atoms with Crippen LogP contribution in [0.15, 0.2) is 30.5 Å². The summed E-state index contributed by atoms with van der Waals surface area (Å²) in [6, 6.07) is 6.92. The third kappa shape index (κ3) is 2.79. The van der Waals surface area contributed by atoms with Crippen molar-refractivity contribution in [1.82, 2.24) is 4.98 Å². The molecule has 0 fully saturated rings. The largest absolute Gasteiger partial charge is 0.465 e. The van der Waals surface area contributed by atoms with E-state index in [2.05, 4.69) is 10.3 Å². The Balaban J connectivity index is 2.24. The van der Waals surface area contributed by atoms with Crippen molar-refractivity contribution < 1.29 is 15.0 Å². The molecule has 0 aliphatic carbocycles. The predicted octanol–water partition coefficient (Wildman–Crippen LogP) is 2.97. The number of carbonyl (C=O) groups is 1. The Labute approximate surface area is 112 Å². The molecule has 2 rings (SSSR count). The zero-order valence-electron chi connectivity index (χ0n) is 9.00. The summed E-state index contributed by atoms with van der Waals surface area (Å²) >= 11 is 7.04. The molecule has 2 aromatic rings. The van der Waals surface area contributed by atoms with Crippen molar-refractivity contribution in [2.75, 3.05) is 5.32 Å². The molecule has 0 radical (unpaired) electrons. The maximum absolute atomic E-state index is 10.4. The second kappa shape index (κ2) is 5.34. The van der Waals surface area contributed by atoms with Gasteiger partial charge in [-0.15, -0.1) is 0 Å². The molecule has 1 amide bonds. The van der Waals surface area contributed by atoms with E-state index in [1.54, 1.807) is 24.3 Å². The van der Waals surface area contributed by atoms with Gasteiger partial charge in [-0.2, -0.15) is 0 Å². The van der Waals surface area contributed by atoms with E-state index in [0.717, 1.165) is 11.3 Å². The highest BCUT2D eigenvalue weighted by molar-refractivity contribution is 7.15. The van der Waals surface area contributed by atoms with Gasteiger partial charge in [0.15, 0.2) is 5.13 Å². The van der Waals surface area contributed by atoms with Gasteiger partial charge in [-0.05, 0) is 6.07 Å². The molecule has 5 nitrogen and oxygen atoms in total. The van der Waals surface area contributed by atoms with Gasteiger partial charge in [-0.25, -0.2) is 9.78 Å². The van der Waals surface area contributed by atoms with E-state index in [0.29, 0.717) is 15.5 Å². The van der Waals surface area contributed by atoms with Crippen molar-refractivity contribution in [2.24, 2.45) is 0 Å². The van der Waals surface area contributed by atoms with Crippen molar-refractivity contribution in [2.45, 2.75) is 6.10 Å². The zero-order valence-corrected chi connectivity index (χ0v) is 10.6. The number of halogens is 1. The van der Waals surface area contributed by atoms with E-state index in [1.807, 2.05) is 0 Å². The Morgan fingerprint density at radius 3 is 2.83 bits per heavy atom. The van der Waals surface area contributed by atoms with Crippen LogP contribution in [0.3, 0.4) is 0 Å². The first-order valence-corrected chi connectivity index (χ1v) is 6.15. The molecule has 1 aromatic heterocycles. The van der Waals surface area contributed by atoms with Gasteiger partial charge < -0.3 is 10.2 Å². The number of aliphatic hydroxyl groups excluding tert-OH is 1. The first-order chi connectivity index (χ1) is 8.58. The Hall–Kier alpha value is -1.63. The first-order valence-electron chi connectivity index (χ1n) is 4.96. The second-order valence-electron chi connectivity index (χ2n) is 3.42. The third-order valence-corrected chi connectivity index (χ3v) is 3.52. The quantitative estimate of drug-likeness (QED) is 0.809. The summed E-state index contributed by atoms with van der Waals surface area (Å²) in [5, 5.41) is 21.5. The highest BCUT2D eigenvalue weighted by Gasteiger charge is 2.17. The van der Waals surface area contributed by atoms with Gasteiger partial charge in [0.1, 0.15) is 6.10 Å². The minimum absolute atomic E-state index is 0.212. The number of rotatable bonds is 3. The van der Waals surface area contributed by atoms with Gasteiger partial charge in [0.25, 0.3) is 0 Å². The van der Waals surface area contributed by atoms with Crippen molar-refractivity contribution in [1.29, 1.82) is 0 Å². The SMILES string of the molecule is O=C(O)Nc1ncc(C(O)c2ccccc2Cl)s1. The Morgan fingerprint density at radius 2 is 2.17 bits per heavy atom. The molecule has 0 saturated heterocycles. The molecule has 18 heavy (non-hydrogen) atoms. The number of nitrogens with zero attached hydrogens (tertiary/aromatic N) is 1. The van der Waals surface area contributed by atoms with Crippen LogP contribution in [-0.2, 0) is 0 Å². The number of anilines is 1. The maximum Gasteiger partial charge on any atom is 0.410 e. The molecule has 0 saturated carbocycles. The molecule has 0 spiro atoms. The van der Waals surface area contributed by atoms with E-state index < -0.39 is 12.2 Å². The van der Waals surface area contributed by atoms with Crippen molar-refractivity contribution in [3.63, 3.8) is 0 Å². The average molecular weight is 285 g/mol. The van der Waals surface area contributed by atoms with Crippen LogP contribution in [-0.4, -0.2) is 21.3 Å². The maximum atomic E-state index is 10.4. The number of carboxylic acid groups (broad SMARTS) is 1. The second-order valence-corrected chi connectivity index (χ2v) is 4.89. The molecule has 94 valence electrons. The summed E-state index contributed by atoms with van der Waals surface area (Å²) in [4.78, 5) is 14.8. The molecule has 0 aliphatic heterocycles. The number of benzene rings is 1. The van der Waals surface area contributed by atoms with Crippen LogP contribution in [0.5, 0.6) is 0 Å². The van der Waals surface area contributed by atoms with Gasteiger partial charge in [0.2, 0.25) is 0 Å². The number of thiazole rings is 1. The molecule has 1 unspecified atom stereocenters. The molecule has 3 N–H and O–H groups in total. The van der Waals surface area contributed by atoms with Gasteiger partial charge in [-0.1, -0.05) is 41.1 Å². The van der Waals surface area contributed by atoms with Crippen molar-refractivity contribution in [3.8, 4) is 0 Å². The van der Waals surface area contributed by atoms with E-state index in [-0.39, 0.29) is 5.13 Å². The lowest BCUT2D eigenvalue weighted by Crippen LogP contribution is -2.06. The molecule has 7 heteroatoms. The topological polar surface area (TPSA) is 82.5 Å². The molecule has 1 aromatic carbocycles. The monoisotopic (exact) mass is 284 g/mol. The van der Waals surface area contributed by atoms with E-state index in [4.69, 9.17) is 16.7 Å². The fraction of sp³-hybridized carbons (Fsp3) is 0.0909. The number of amides is 1. The number of hydrogen-bond acceptors (Lipinski definition) is 4. The summed E-state index contributed by atoms with van der Waals surface area (Å²) in [5.74, 6) is 0. The highest BCUT2D eigenvalue weighted by Crippen LogP contribution is 2.32. The Bertz CT molecular complexity index is 573. The standard InChI is InChI=1S/C11H9ClN2O3S/c12-7-4-2-1-3-6(7)9(15)8-5-13-10(18-8)14-11(16)17/h1-5,9,15H,(H,13,14)(H,16,17). The number of aliphatic hydroxyl groups is 1. The fourth-order valence-electron chi connectivity index (χ4n) is 1.41. The van der Waals surface area contributed by atoms with Crippen molar-refractivity contribution >= 4 is 34.2 Å². The van der Waals surface area contributed by atoms with Gasteiger partial charge in [-0.3, -0.25) is 5.32 Å². The minimum atomic E-state index is -1.19. The lowest BCUT2D eigenvalue weighted by molar-refractivity contribution is 0.209. The highest BCUT2D eigenvalue weighted by atomic mass is 35.5. The minimum Gasteiger partial charge on any atom is -0.465 e. The summed E-state index contributed by atoms with van der Waals surface area (Å²) in [7, 11) is 0. The average Bonchev–Trinajstić information content (AvgIpc) is 2.76. The van der Waals surface area contributed by atoms with Crippen LogP contribution in [0.2, 0.25) is 5.02 Å². The fourth-order valence-corrected chi connectivity index (χ4v) is 2.46. The van der Waals surface area contributed by atoms with Crippen LogP contribution >= 0.6 is 22.9 Å². The van der Waals surface area contributed by atoms with E-state index in [9.17, 15) is 9.90 Å². The van der Waals surface area contributed by atoms with Crippen LogP contribution in [0.25, 0.3) is 0 Å². The lowest BCUT2D eigenvalue weighted by Gasteiger charge is -2.09. The van der Waals surface area contributed by atoms with E-state index >= 15 is 0 Å². The molecule has 0 aliphatic rings. The molecule has 1 atom stereocenters. The van der Waals surface area contributed by atoms with Crippen LogP contribution in [0.4, 0.5) is 9.93 Å². The smallest absolute Gasteiger partial charge is 0.410 e. The summed E-state index contributed by atoms with van der Waals surface area (Å²) < 4.78 is 0. The number of nitrogens with one attached hydrogen (secondary N) is 1. The van der Waals surface area contributed by atoms with Gasteiger partial charge >= 0.3 is 6.09 Å². The number of aromatic nitrogens is 1. The van der Waals surface area contributed by atoms with Gasteiger partial charge in [0, 0.05) is 16.8 Å². The van der Waals surface area contributed by atoms with Crippen LogP contribution in [0.1, 0.15) is 16.5 Å². The predicted molar refractivity (Wildman–Crippen MR) is 69.3 cm³/mol. The molecular weight excluding hydrogens is 276 g/mol. The number of hydrogen-bond donors (Lipinski definition) is 3. The summed E-state index contributed by atoms with van der Waals surface area (Å²) in [6.07, 6.45) is -0.687. The third-order valence-electron chi connectivity index (χ3n) is 2.21. The van der Waals surface area contributed by atoms with Crippen molar-refractivity contribution in [3.05, 3.63) is 45.9 Å². The zero-order chi connectivity index (χ0) is 13.1. The van der Waals surface area contributed by atoms with Gasteiger partial charge in [0.05, 0.1) is 4.88 Å². The van der Waals surface area contributed by atoms with Crippen LogP contribution in [0, 0.1) is 0 Å². The molecule has 0 bridgehead atoms. The Morgan fingerprint density at radius 1 is 1.44 bits per heavy atom.